The molecular formula is C18H13FN2O2S2. The molecule has 4 aromatic rings. The maximum atomic E-state index is 13.8. The van der Waals surface area contributed by atoms with Crippen LogP contribution in [0.2, 0.25) is 0 Å². The number of nitrogens with zero attached hydrogens (tertiary/aromatic N) is 2. The van der Waals surface area contributed by atoms with Crippen LogP contribution in [0.3, 0.4) is 0 Å². The predicted molar refractivity (Wildman–Crippen MR) is 98.0 cm³/mol. The molecule has 0 radical (unpaired) electrons. The SMILES string of the molecule is Cc1c(Sc2nc3ccccc3s2)c2cc(F)ccc2n1CC(=O)O. The van der Waals surface area contributed by atoms with E-state index in [9.17, 15) is 14.3 Å². The second-order valence-corrected chi connectivity index (χ2v) is 7.89. The third-order valence-electron chi connectivity index (χ3n) is 3.98. The molecule has 0 saturated carbocycles. The maximum absolute atomic E-state index is 13.8. The van der Waals surface area contributed by atoms with Crippen molar-refractivity contribution in [2.45, 2.75) is 22.7 Å². The Kier molecular flexibility index (Phi) is 3.97. The molecular weight excluding hydrogens is 359 g/mol. The number of benzene rings is 2. The van der Waals surface area contributed by atoms with Gasteiger partial charge in [-0.3, -0.25) is 4.79 Å². The van der Waals surface area contributed by atoms with Crippen LogP contribution in [-0.4, -0.2) is 20.6 Å². The van der Waals surface area contributed by atoms with Gasteiger partial charge in [-0.1, -0.05) is 23.9 Å². The Balaban J connectivity index is 1.86. The van der Waals surface area contributed by atoms with Crippen molar-refractivity contribution in [3.05, 3.63) is 54.0 Å². The standard InChI is InChI=1S/C18H13FN2O2S2/c1-10-17(25-18-20-13-4-2-3-5-15(13)24-18)12-8-11(19)6-7-14(12)21(10)9-16(22)23/h2-8H,9H2,1H3,(H,22,23). The largest absolute Gasteiger partial charge is 0.480 e. The number of thiazole rings is 1. The van der Waals surface area contributed by atoms with Crippen molar-refractivity contribution < 1.29 is 14.3 Å². The number of aliphatic carboxylic acids is 1. The van der Waals surface area contributed by atoms with Crippen LogP contribution in [0.1, 0.15) is 5.69 Å². The van der Waals surface area contributed by atoms with Gasteiger partial charge in [0.25, 0.3) is 0 Å². The molecule has 126 valence electrons. The summed E-state index contributed by atoms with van der Waals surface area (Å²) in [5, 5.41) is 9.90. The van der Waals surface area contributed by atoms with Gasteiger partial charge in [-0.05, 0) is 37.3 Å². The van der Waals surface area contributed by atoms with Gasteiger partial charge in [0, 0.05) is 16.0 Å². The van der Waals surface area contributed by atoms with Crippen LogP contribution >= 0.6 is 23.1 Å². The van der Waals surface area contributed by atoms with Gasteiger partial charge in [-0.25, -0.2) is 9.37 Å². The Bertz CT molecular complexity index is 1080. The van der Waals surface area contributed by atoms with Gasteiger partial charge in [-0.2, -0.15) is 0 Å². The van der Waals surface area contributed by atoms with E-state index in [4.69, 9.17) is 0 Å². The molecule has 0 amide bonds. The van der Waals surface area contributed by atoms with E-state index >= 15 is 0 Å². The summed E-state index contributed by atoms with van der Waals surface area (Å²) in [6.45, 7) is 1.70. The number of carboxylic acids is 1. The fourth-order valence-electron chi connectivity index (χ4n) is 2.87. The van der Waals surface area contributed by atoms with Gasteiger partial charge in [0.05, 0.1) is 15.7 Å². The minimum Gasteiger partial charge on any atom is -0.480 e. The molecule has 0 unspecified atom stereocenters. The first kappa shape index (κ1) is 16.1. The second-order valence-electron chi connectivity index (χ2n) is 5.61. The fourth-order valence-corrected chi connectivity index (χ4v) is 5.11. The highest BCUT2D eigenvalue weighted by Crippen LogP contribution is 2.41. The monoisotopic (exact) mass is 372 g/mol. The zero-order valence-corrected chi connectivity index (χ0v) is 14.8. The van der Waals surface area contributed by atoms with Crippen LogP contribution in [0.15, 0.2) is 51.7 Å². The van der Waals surface area contributed by atoms with E-state index in [-0.39, 0.29) is 12.4 Å². The van der Waals surface area contributed by atoms with Gasteiger partial charge >= 0.3 is 5.97 Å². The average Bonchev–Trinajstić information content (AvgIpc) is 3.09. The van der Waals surface area contributed by atoms with Crippen LogP contribution in [0.4, 0.5) is 4.39 Å². The molecule has 0 saturated heterocycles. The number of rotatable bonds is 4. The lowest BCUT2D eigenvalue weighted by atomic mass is 10.2. The van der Waals surface area contributed by atoms with E-state index in [0.29, 0.717) is 10.9 Å². The van der Waals surface area contributed by atoms with Gasteiger partial charge in [-0.15, -0.1) is 11.3 Å². The molecule has 1 N–H and O–H groups in total. The van der Waals surface area contributed by atoms with E-state index < -0.39 is 5.97 Å². The number of hydrogen-bond acceptors (Lipinski definition) is 4. The molecule has 0 aliphatic rings. The zero-order chi connectivity index (χ0) is 17.6. The summed E-state index contributed by atoms with van der Waals surface area (Å²) in [5.74, 6) is -1.27. The summed E-state index contributed by atoms with van der Waals surface area (Å²) >= 11 is 3.02. The summed E-state index contributed by atoms with van der Waals surface area (Å²) in [7, 11) is 0. The molecule has 2 aromatic carbocycles. The van der Waals surface area contributed by atoms with Crippen molar-refractivity contribution in [3.8, 4) is 0 Å². The minimum absolute atomic E-state index is 0.158. The smallest absolute Gasteiger partial charge is 0.323 e. The molecule has 2 heterocycles. The molecule has 4 nitrogen and oxygen atoms in total. The highest BCUT2D eigenvalue weighted by Gasteiger charge is 2.18. The second kappa shape index (κ2) is 6.16. The first-order valence-electron chi connectivity index (χ1n) is 7.56. The van der Waals surface area contributed by atoms with E-state index in [1.165, 1.54) is 23.9 Å². The summed E-state index contributed by atoms with van der Waals surface area (Å²) in [6.07, 6.45) is 0. The fraction of sp³-hybridized carbons (Fsp3) is 0.111. The molecule has 0 atom stereocenters. The molecule has 0 spiro atoms. The van der Waals surface area contributed by atoms with Crippen LogP contribution in [0, 0.1) is 12.7 Å². The molecule has 0 aliphatic carbocycles. The Morgan fingerprint density at radius 1 is 1.32 bits per heavy atom. The van der Waals surface area contributed by atoms with Gasteiger partial charge in [0.1, 0.15) is 12.4 Å². The normalized spacial score (nSPS) is 11.4. The van der Waals surface area contributed by atoms with Crippen LogP contribution in [0.25, 0.3) is 21.1 Å². The molecule has 4 rings (SSSR count). The molecule has 7 heteroatoms. The number of carboxylic acid groups (broad SMARTS) is 1. The van der Waals surface area contributed by atoms with Crippen LogP contribution in [-0.2, 0) is 11.3 Å². The van der Waals surface area contributed by atoms with Crippen molar-refractivity contribution >= 4 is 50.2 Å². The number of halogens is 1. The van der Waals surface area contributed by atoms with Crippen molar-refractivity contribution in [1.29, 1.82) is 0 Å². The predicted octanol–water partition coefficient (Wildman–Crippen LogP) is 4.93. The van der Waals surface area contributed by atoms with Crippen LogP contribution < -0.4 is 0 Å². The van der Waals surface area contributed by atoms with Crippen molar-refractivity contribution in [2.75, 3.05) is 0 Å². The average molecular weight is 372 g/mol. The Morgan fingerprint density at radius 3 is 2.88 bits per heavy atom. The molecule has 0 bridgehead atoms. The first-order chi connectivity index (χ1) is 12.0. The van der Waals surface area contributed by atoms with E-state index in [1.54, 1.807) is 22.0 Å². The lowest BCUT2D eigenvalue weighted by Crippen LogP contribution is -2.09. The lowest BCUT2D eigenvalue weighted by molar-refractivity contribution is -0.137. The molecule has 2 aromatic heterocycles. The summed E-state index contributed by atoms with van der Waals surface area (Å²) in [4.78, 5) is 16.7. The Labute approximate surface area is 150 Å². The van der Waals surface area contributed by atoms with E-state index in [1.807, 2.05) is 31.2 Å². The van der Waals surface area contributed by atoms with Gasteiger partial charge < -0.3 is 9.67 Å². The Hall–Kier alpha value is -2.38. The first-order valence-corrected chi connectivity index (χ1v) is 9.20. The molecule has 0 aliphatic heterocycles. The third-order valence-corrected chi connectivity index (χ3v) is 6.30. The minimum atomic E-state index is -0.930. The highest BCUT2D eigenvalue weighted by atomic mass is 32.2. The van der Waals surface area contributed by atoms with E-state index in [2.05, 4.69) is 4.98 Å². The lowest BCUT2D eigenvalue weighted by Gasteiger charge is -2.04. The number of fused-ring (bicyclic) bond motifs is 2. The molecule has 0 fully saturated rings. The number of hydrogen-bond donors (Lipinski definition) is 1. The van der Waals surface area contributed by atoms with Crippen molar-refractivity contribution in [2.24, 2.45) is 0 Å². The summed E-state index contributed by atoms with van der Waals surface area (Å²) in [5.41, 5.74) is 2.44. The molecule has 25 heavy (non-hydrogen) atoms. The van der Waals surface area contributed by atoms with E-state index in [0.717, 1.165) is 25.1 Å². The van der Waals surface area contributed by atoms with Crippen molar-refractivity contribution in [1.82, 2.24) is 9.55 Å². The number of carbonyl (C=O) groups is 1. The van der Waals surface area contributed by atoms with Crippen molar-refractivity contribution in [3.63, 3.8) is 0 Å². The number of aromatic nitrogens is 2. The van der Waals surface area contributed by atoms with Gasteiger partial charge in [0.2, 0.25) is 0 Å². The topological polar surface area (TPSA) is 55.1 Å². The van der Waals surface area contributed by atoms with Gasteiger partial charge in [0.15, 0.2) is 4.34 Å². The summed E-state index contributed by atoms with van der Waals surface area (Å²) < 4.78 is 17.4. The highest BCUT2D eigenvalue weighted by molar-refractivity contribution is 8.01. The summed E-state index contributed by atoms with van der Waals surface area (Å²) in [6, 6.07) is 12.3. The quantitative estimate of drug-likeness (QED) is 0.552. The third kappa shape index (κ3) is 2.89. The maximum Gasteiger partial charge on any atom is 0.323 e. The number of para-hydroxylation sites is 1. The van der Waals surface area contributed by atoms with Crippen LogP contribution in [0.5, 0.6) is 0 Å². The zero-order valence-electron chi connectivity index (χ0n) is 13.2. The Morgan fingerprint density at radius 2 is 2.12 bits per heavy atom.